The van der Waals surface area contributed by atoms with E-state index in [1.54, 1.807) is 13.2 Å². The molecule has 2 rings (SSSR count). The van der Waals surface area contributed by atoms with Gasteiger partial charge in [-0.05, 0) is 34.8 Å². The Labute approximate surface area is 109 Å². The van der Waals surface area contributed by atoms with Crippen LogP contribution in [0.5, 0.6) is 0 Å². The second-order valence-electron chi connectivity index (χ2n) is 4.25. The lowest BCUT2D eigenvalue weighted by atomic mass is 10.1. The maximum atomic E-state index is 13.5. The van der Waals surface area contributed by atoms with Crippen LogP contribution in [0, 0.1) is 5.82 Å². The fourth-order valence-electron chi connectivity index (χ4n) is 2.16. The third kappa shape index (κ3) is 2.72. The summed E-state index contributed by atoms with van der Waals surface area (Å²) in [5.41, 5.74) is 7.30. The van der Waals surface area contributed by atoms with E-state index in [0.29, 0.717) is 16.3 Å². The Kier molecular flexibility index (Phi) is 3.89. The molecule has 0 aliphatic carbocycles. The topological polar surface area (TPSA) is 38.5 Å². The molecule has 5 heteroatoms. The second-order valence-corrected chi connectivity index (χ2v) is 5.10. The summed E-state index contributed by atoms with van der Waals surface area (Å²) in [7, 11) is 1.73. The van der Waals surface area contributed by atoms with E-state index in [1.165, 1.54) is 6.07 Å². The van der Waals surface area contributed by atoms with Crippen LogP contribution in [-0.2, 0) is 4.74 Å². The van der Waals surface area contributed by atoms with Crippen LogP contribution in [0.4, 0.5) is 15.8 Å². The van der Waals surface area contributed by atoms with Crippen molar-refractivity contribution in [1.29, 1.82) is 0 Å². The van der Waals surface area contributed by atoms with Gasteiger partial charge in [-0.25, -0.2) is 4.39 Å². The fourth-order valence-corrected chi connectivity index (χ4v) is 2.52. The third-order valence-corrected chi connectivity index (χ3v) is 3.79. The van der Waals surface area contributed by atoms with E-state index in [-0.39, 0.29) is 5.82 Å². The molecule has 17 heavy (non-hydrogen) atoms. The van der Waals surface area contributed by atoms with Gasteiger partial charge >= 0.3 is 0 Å². The van der Waals surface area contributed by atoms with Crippen molar-refractivity contribution in [2.75, 3.05) is 30.8 Å². The number of benzene rings is 1. The average molecular weight is 303 g/mol. The summed E-state index contributed by atoms with van der Waals surface area (Å²) < 4.78 is 19.2. The normalized spacial score (nSPS) is 17.5. The Balaban J connectivity index is 2.16. The Hall–Kier alpha value is -0.810. The van der Waals surface area contributed by atoms with E-state index in [2.05, 4.69) is 20.8 Å². The molecule has 0 spiro atoms. The van der Waals surface area contributed by atoms with Gasteiger partial charge in [0, 0.05) is 26.3 Å². The third-order valence-electron chi connectivity index (χ3n) is 3.19. The molecule has 0 saturated carbocycles. The maximum absolute atomic E-state index is 13.5. The van der Waals surface area contributed by atoms with Crippen LogP contribution < -0.4 is 10.6 Å². The molecule has 1 aromatic carbocycles. The average Bonchev–Trinajstić information content (AvgIpc) is 2.34. The Morgan fingerprint density at radius 2 is 2.06 bits per heavy atom. The van der Waals surface area contributed by atoms with Crippen LogP contribution in [-0.4, -0.2) is 26.3 Å². The zero-order chi connectivity index (χ0) is 12.4. The molecular formula is C12H16BrFN2O. The number of ether oxygens (including phenoxy) is 1. The van der Waals surface area contributed by atoms with Crippen molar-refractivity contribution in [3.05, 3.63) is 22.4 Å². The number of hydrogen-bond donors (Lipinski definition) is 1. The Bertz CT molecular complexity index is 406. The molecule has 0 aromatic heterocycles. The predicted molar refractivity (Wildman–Crippen MR) is 70.8 cm³/mol. The molecule has 0 amide bonds. The first-order chi connectivity index (χ1) is 8.11. The minimum atomic E-state index is -0.275. The summed E-state index contributed by atoms with van der Waals surface area (Å²) in [4.78, 5) is 2.11. The molecule has 1 aromatic rings. The van der Waals surface area contributed by atoms with E-state index in [0.717, 1.165) is 31.6 Å². The molecule has 1 aliphatic rings. The number of nitrogens with zero attached hydrogens (tertiary/aromatic N) is 1. The first kappa shape index (κ1) is 12.6. The van der Waals surface area contributed by atoms with Gasteiger partial charge < -0.3 is 15.4 Å². The number of nitrogen functional groups attached to an aromatic ring is 1. The summed E-state index contributed by atoms with van der Waals surface area (Å²) in [5, 5.41) is 0. The lowest BCUT2D eigenvalue weighted by Crippen LogP contribution is -2.37. The number of methoxy groups -OCH3 is 1. The molecule has 2 N–H and O–H groups in total. The van der Waals surface area contributed by atoms with Crippen molar-refractivity contribution < 1.29 is 9.13 Å². The van der Waals surface area contributed by atoms with Crippen LogP contribution in [0.1, 0.15) is 12.8 Å². The van der Waals surface area contributed by atoms with Crippen molar-refractivity contribution in [2.24, 2.45) is 0 Å². The van der Waals surface area contributed by atoms with Crippen LogP contribution in [0.15, 0.2) is 16.6 Å². The quantitative estimate of drug-likeness (QED) is 0.854. The summed E-state index contributed by atoms with van der Waals surface area (Å²) in [5.74, 6) is -0.275. The zero-order valence-electron chi connectivity index (χ0n) is 9.75. The van der Waals surface area contributed by atoms with E-state index in [4.69, 9.17) is 10.5 Å². The largest absolute Gasteiger partial charge is 0.397 e. The summed E-state index contributed by atoms with van der Waals surface area (Å²) >= 11 is 3.13. The zero-order valence-corrected chi connectivity index (χ0v) is 11.3. The number of rotatable bonds is 2. The van der Waals surface area contributed by atoms with Gasteiger partial charge in [0.05, 0.1) is 22.0 Å². The number of nitrogens with two attached hydrogens (primary N) is 1. The standard InChI is InChI=1S/C12H16BrFN2O/c1-17-8-2-4-16(5-3-8)12-7-10(14)9(13)6-11(12)15/h6-8H,2-5,15H2,1H3. The van der Waals surface area contributed by atoms with Crippen LogP contribution in [0.2, 0.25) is 0 Å². The molecule has 1 aliphatic heterocycles. The van der Waals surface area contributed by atoms with Crippen molar-refractivity contribution in [2.45, 2.75) is 18.9 Å². The van der Waals surface area contributed by atoms with Crippen LogP contribution in [0.3, 0.4) is 0 Å². The summed E-state index contributed by atoms with van der Waals surface area (Å²) in [6.45, 7) is 1.70. The maximum Gasteiger partial charge on any atom is 0.139 e. The van der Waals surface area contributed by atoms with Gasteiger partial charge in [-0.3, -0.25) is 0 Å². The smallest absolute Gasteiger partial charge is 0.139 e. The van der Waals surface area contributed by atoms with Gasteiger partial charge in [0.25, 0.3) is 0 Å². The predicted octanol–water partition coefficient (Wildman–Crippen LogP) is 2.79. The van der Waals surface area contributed by atoms with Gasteiger partial charge in [0.2, 0.25) is 0 Å². The van der Waals surface area contributed by atoms with Gasteiger partial charge in [0.1, 0.15) is 5.82 Å². The first-order valence-corrected chi connectivity index (χ1v) is 6.43. The first-order valence-electron chi connectivity index (χ1n) is 5.64. The molecule has 1 fully saturated rings. The van der Waals surface area contributed by atoms with Gasteiger partial charge in [0.15, 0.2) is 0 Å². The van der Waals surface area contributed by atoms with E-state index in [1.807, 2.05) is 0 Å². The Morgan fingerprint density at radius 1 is 1.41 bits per heavy atom. The summed E-state index contributed by atoms with van der Waals surface area (Å²) in [6, 6.07) is 3.11. The number of halogens is 2. The highest BCUT2D eigenvalue weighted by Crippen LogP contribution is 2.31. The van der Waals surface area contributed by atoms with Crippen LogP contribution in [0.25, 0.3) is 0 Å². The van der Waals surface area contributed by atoms with Crippen molar-refractivity contribution in [3.8, 4) is 0 Å². The molecule has 0 radical (unpaired) electrons. The van der Waals surface area contributed by atoms with Gasteiger partial charge in [-0.2, -0.15) is 0 Å². The van der Waals surface area contributed by atoms with E-state index in [9.17, 15) is 4.39 Å². The molecule has 3 nitrogen and oxygen atoms in total. The SMILES string of the molecule is COC1CCN(c2cc(F)c(Br)cc2N)CC1. The lowest BCUT2D eigenvalue weighted by molar-refractivity contribution is 0.0819. The van der Waals surface area contributed by atoms with Crippen LogP contribution >= 0.6 is 15.9 Å². The van der Waals surface area contributed by atoms with E-state index >= 15 is 0 Å². The number of hydrogen-bond acceptors (Lipinski definition) is 3. The second kappa shape index (κ2) is 5.23. The molecule has 1 heterocycles. The van der Waals surface area contributed by atoms with Crippen molar-refractivity contribution in [3.63, 3.8) is 0 Å². The minimum absolute atomic E-state index is 0.275. The van der Waals surface area contributed by atoms with Crippen molar-refractivity contribution in [1.82, 2.24) is 0 Å². The lowest BCUT2D eigenvalue weighted by Gasteiger charge is -2.33. The summed E-state index contributed by atoms with van der Waals surface area (Å²) in [6.07, 6.45) is 2.22. The highest BCUT2D eigenvalue weighted by molar-refractivity contribution is 9.10. The monoisotopic (exact) mass is 302 g/mol. The molecule has 0 bridgehead atoms. The van der Waals surface area contributed by atoms with Crippen molar-refractivity contribution >= 4 is 27.3 Å². The fraction of sp³-hybridized carbons (Fsp3) is 0.500. The molecular weight excluding hydrogens is 287 g/mol. The molecule has 0 atom stereocenters. The minimum Gasteiger partial charge on any atom is -0.397 e. The molecule has 0 unspecified atom stereocenters. The number of anilines is 2. The highest BCUT2D eigenvalue weighted by atomic mass is 79.9. The molecule has 1 saturated heterocycles. The molecule has 94 valence electrons. The highest BCUT2D eigenvalue weighted by Gasteiger charge is 2.21. The number of piperidine rings is 1. The van der Waals surface area contributed by atoms with Gasteiger partial charge in [-0.15, -0.1) is 0 Å². The Morgan fingerprint density at radius 3 is 2.65 bits per heavy atom. The van der Waals surface area contributed by atoms with Gasteiger partial charge in [-0.1, -0.05) is 0 Å². The van der Waals surface area contributed by atoms with E-state index < -0.39 is 0 Å².